The van der Waals surface area contributed by atoms with Crippen LogP contribution in [-0.2, 0) is 43.0 Å². The lowest BCUT2D eigenvalue weighted by Gasteiger charge is -2.38. The minimum Gasteiger partial charge on any atom is -0.450 e. The topological polar surface area (TPSA) is 140 Å². The Morgan fingerprint density at radius 3 is 1.18 bits per heavy atom. The van der Waals surface area contributed by atoms with E-state index in [0.717, 1.165) is 4.90 Å². The van der Waals surface area contributed by atoms with Crippen LogP contribution in [0.4, 0.5) is 0 Å². The second-order valence-electron chi connectivity index (χ2n) is 13.3. The lowest BCUT2D eigenvalue weighted by atomic mass is 9.95. The molecule has 1 saturated heterocycles. The molecule has 0 spiro atoms. The van der Waals surface area contributed by atoms with Gasteiger partial charge < -0.3 is 28.9 Å². The maximum atomic E-state index is 13.9. The molecular formula is C32H55N3O9. The average Bonchev–Trinajstić information content (AvgIpc) is 2.93. The normalized spacial score (nSPS) is 28.4. The Labute approximate surface area is 263 Å². The Bertz CT molecular complexity index is 1060. The molecule has 0 aromatic heterocycles. The van der Waals surface area contributed by atoms with Crippen LogP contribution in [0.5, 0.6) is 0 Å². The molecule has 0 radical (unpaired) electrons. The highest BCUT2D eigenvalue weighted by Gasteiger charge is 2.44. The van der Waals surface area contributed by atoms with Crippen LogP contribution in [0.3, 0.4) is 0 Å². The first-order valence-corrected chi connectivity index (χ1v) is 15.6. The molecule has 1 rings (SSSR count). The number of ether oxygens (including phenoxy) is 3. The Kier molecular flexibility index (Phi) is 14.3. The molecule has 1 aliphatic rings. The minimum atomic E-state index is -1.27. The van der Waals surface area contributed by atoms with Gasteiger partial charge in [-0.15, -0.1) is 0 Å². The van der Waals surface area contributed by atoms with Crippen molar-refractivity contribution in [3.05, 3.63) is 0 Å². The Hall–Kier alpha value is -3.18. The molecule has 7 atom stereocenters. The van der Waals surface area contributed by atoms with E-state index in [9.17, 15) is 28.8 Å². The first kappa shape index (κ1) is 38.8. The number of rotatable bonds is 6. The summed E-state index contributed by atoms with van der Waals surface area (Å²) in [7, 11) is 4.27. The zero-order valence-corrected chi connectivity index (χ0v) is 29.1. The molecule has 1 aliphatic heterocycles. The van der Waals surface area contributed by atoms with E-state index >= 15 is 0 Å². The monoisotopic (exact) mass is 625 g/mol. The van der Waals surface area contributed by atoms with E-state index in [4.69, 9.17) is 14.2 Å². The van der Waals surface area contributed by atoms with Crippen LogP contribution in [0.2, 0.25) is 0 Å². The number of cyclic esters (lactones) is 3. The summed E-state index contributed by atoms with van der Waals surface area (Å²) in [5.41, 5.74) is 0. The molecule has 0 bridgehead atoms. The van der Waals surface area contributed by atoms with Gasteiger partial charge in [-0.2, -0.15) is 0 Å². The van der Waals surface area contributed by atoms with E-state index in [2.05, 4.69) is 0 Å². The van der Waals surface area contributed by atoms with E-state index in [-0.39, 0.29) is 5.92 Å². The number of esters is 3. The van der Waals surface area contributed by atoms with Crippen molar-refractivity contribution in [2.75, 3.05) is 21.1 Å². The molecule has 1 heterocycles. The molecule has 0 aliphatic carbocycles. The fourth-order valence-electron chi connectivity index (χ4n) is 5.13. The summed E-state index contributed by atoms with van der Waals surface area (Å²) in [6.07, 6.45) is -3.30. The summed E-state index contributed by atoms with van der Waals surface area (Å²) in [6.45, 7) is 18.8. The predicted octanol–water partition coefficient (Wildman–Crippen LogP) is 2.91. The van der Waals surface area contributed by atoms with Gasteiger partial charge in [-0.05, 0) is 36.5 Å². The minimum absolute atomic E-state index is 0.375. The van der Waals surface area contributed by atoms with Crippen LogP contribution in [-0.4, -0.2) is 108 Å². The summed E-state index contributed by atoms with van der Waals surface area (Å²) in [5.74, 6) is -6.51. The number of hydrogen-bond acceptors (Lipinski definition) is 9. The summed E-state index contributed by atoms with van der Waals surface area (Å²) < 4.78 is 17.3. The molecule has 12 heteroatoms. The lowest BCUT2D eigenvalue weighted by molar-refractivity contribution is -0.180. The second kappa shape index (κ2) is 16.2. The lowest BCUT2D eigenvalue weighted by Crippen LogP contribution is -2.57. The summed E-state index contributed by atoms with van der Waals surface area (Å²) in [6, 6.07) is -3.33. The van der Waals surface area contributed by atoms with Gasteiger partial charge in [0.05, 0.1) is 0 Å². The maximum Gasteiger partial charge on any atom is 0.329 e. The van der Waals surface area contributed by atoms with Gasteiger partial charge in [0.15, 0.2) is 18.3 Å². The van der Waals surface area contributed by atoms with Crippen molar-refractivity contribution in [1.82, 2.24) is 14.7 Å². The number of likely N-dealkylation sites (N-methyl/N-ethyl adjacent to an activating group) is 3. The zero-order chi connectivity index (χ0) is 34.4. The number of carbonyl (C=O) groups excluding carboxylic acids is 6. The predicted molar refractivity (Wildman–Crippen MR) is 164 cm³/mol. The van der Waals surface area contributed by atoms with Crippen LogP contribution < -0.4 is 0 Å². The van der Waals surface area contributed by atoms with Gasteiger partial charge in [-0.1, -0.05) is 75.7 Å². The van der Waals surface area contributed by atoms with Gasteiger partial charge in [0.25, 0.3) is 17.7 Å². The van der Waals surface area contributed by atoms with Gasteiger partial charge in [-0.3, -0.25) is 14.4 Å². The van der Waals surface area contributed by atoms with E-state index in [1.165, 1.54) is 37.9 Å². The van der Waals surface area contributed by atoms with Crippen LogP contribution in [0.25, 0.3) is 0 Å². The highest BCUT2D eigenvalue weighted by atomic mass is 16.6. The number of nitrogens with zero attached hydrogens (tertiary/aromatic N) is 3. The molecule has 0 aromatic carbocycles. The smallest absolute Gasteiger partial charge is 0.329 e. The van der Waals surface area contributed by atoms with Crippen molar-refractivity contribution in [1.29, 1.82) is 0 Å². The van der Waals surface area contributed by atoms with Crippen molar-refractivity contribution >= 4 is 35.6 Å². The molecule has 252 valence electrons. The summed E-state index contributed by atoms with van der Waals surface area (Å²) in [5, 5.41) is 0. The van der Waals surface area contributed by atoms with Gasteiger partial charge in [0.1, 0.15) is 18.1 Å². The van der Waals surface area contributed by atoms with Gasteiger partial charge >= 0.3 is 17.9 Å². The first-order chi connectivity index (χ1) is 20.2. The highest BCUT2D eigenvalue weighted by molar-refractivity contribution is 5.94. The molecule has 0 N–H and O–H groups in total. The molecule has 1 unspecified atom stereocenters. The average molecular weight is 626 g/mol. The van der Waals surface area contributed by atoms with E-state index in [0.29, 0.717) is 6.42 Å². The molecule has 0 saturated carbocycles. The molecular weight excluding hydrogens is 570 g/mol. The highest BCUT2D eigenvalue weighted by Crippen LogP contribution is 2.24. The Balaban J connectivity index is 3.86. The quantitative estimate of drug-likeness (QED) is 0.322. The number of hydrogen-bond donors (Lipinski definition) is 0. The Morgan fingerprint density at radius 2 is 0.841 bits per heavy atom. The van der Waals surface area contributed by atoms with Crippen molar-refractivity contribution in [3.63, 3.8) is 0 Å². The summed E-state index contributed by atoms with van der Waals surface area (Å²) >= 11 is 0. The van der Waals surface area contributed by atoms with Gasteiger partial charge in [0.2, 0.25) is 0 Å². The molecule has 44 heavy (non-hydrogen) atoms. The zero-order valence-electron chi connectivity index (χ0n) is 29.1. The SMILES string of the molecule is CC[C@H](C)[C@H]1C(=O)O[C@H](C(C)C)C(=O)N(C)C(C)C(=O)O[C@H](C(C)C)C(=O)N(C)[C@@H](C(C)C)C(=O)O[C@H](C(C)C)C(=O)N1C. The van der Waals surface area contributed by atoms with E-state index < -0.39 is 95.7 Å². The standard InChI is InChI=1S/C32H55N3O9/c1-15-20(10)23-32(41)44-24(17(4)5)27(36)33(12)21(11)30(39)42-25(18(6)7)28(37)34(13)22(16(2)3)31(40)43-26(19(8)9)29(38)35(23)14/h16-26H,15H2,1-14H3/t20-,21?,22-,23-,24+,25+,26+/m0/s1. The van der Waals surface area contributed by atoms with Crippen LogP contribution in [0.15, 0.2) is 0 Å². The van der Waals surface area contributed by atoms with Gasteiger partial charge in [0, 0.05) is 21.1 Å². The van der Waals surface area contributed by atoms with Crippen molar-refractivity contribution < 1.29 is 43.0 Å². The van der Waals surface area contributed by atoms with Gasteiger partial charge in [-0.25, -0.2) is 14.4 Å². The van der Waals surface area contributed by atoms with E-state index in [1.807, 2.05) is 6.92 Å². The fraction of sp³-hybridized carbons (Fsp3) is 0.812. The fourth-order valence-corrected chi connectivity index (χ4v) is 5.13. The van der Waals surface area contributed by atoms with Crippen LogP contribution >= 0.6 is 0 Å². The first-order valence-electron chi connectivity index (χ1n) is 15.6. The number of carbonyl (C=O) groups is 6. The second-order valence-corrected chi connectivity index (χ2v) is 13.3. The van der Waals surface area contributed by atoms with Crippen molar-refractivity contribution in [3.8, 4) is 0 Å². The molecule has 3 amide bonds. The van der Waals surface area contributed by atoms with Crippen molar-refractivity contribution in [2.45, 2.75) is 119 Å². The maximum absolute atomic E-state index is 13.9. The molecule has 12 nitrogen and oxygen atoms in total. The number of amides is 3. The largest absolute Gasteiger partial charge is 0.450 e. The summed E-state index contributed by atoms with van der Waals surface area (Å²) in [4.78, 5) is 85.5. The third-order valence-corrected chi connectivity index (χ3v) is 8.37. The third kappa shape index (κ3) is 8.94. The molecule has 0 aromatic rings. The van der Waals surface area contributed by atoms with Crippen LogP contribution in [0.1, 0.15) is 82.6 Å². The Morgan fingerprint density at radius 1 is 0.523 bits per heavy atom. The van der Waals surface area contributed by atoms with E-state index in [1.54, 1.807) is 62.3 Å². The van der Waals surface area contributed by atoms with Crippen LogP contribution in [0, 0.1) is 29.6 Å². The van der Waals surface area contributed by atoms with Crippen molar-refractivity contribution in [2.24, 2.45) is 29.6 Å². The third-order valence-electron chi connectivity index (χ3n) is 8.37. The molecule has 1 fully saturated rings.